The van der Waals surface area contributed by atoms with Crippen LogP contribution in [0.15, 0.2) is 41.1 Å². The molecule has 2 heterocycles. The van der Waals surface area contributed by atoms with Gasteiger partial charge >= 0.3 is 0 Å². The van der Waals surface area contributed by atoms with E-state index in [1.54, 1.807) is 18.3 Å². The minimum atomic E-state index is -0.463. The summed E-state index contributed by atoms with van der Waals surface area (Å²) in [7, 11) is 0. The lowest BCUT2D eigenvalue weighted by atomic mass is 10.1. The summed E-state index contributed by atoms with van der Waals surface area (Å²) >= 11 is 3.24. The van der Waals surface area contributed by atoms with Crippen LogP contribution in [0.4, 0.5) is 5.69 Å². The molecule has 0 aliphatic carbocycles. The average Bonchev–Trinajstić information content (AvgIpc) is 2.74. The van der Waals surface area contributed by atoms with Gasteiger partial charge in [-0.3, -0.25) is 24.7 Å². The number of carbonyl (C=O) groups is 3. The van der Waals surface area contributed by atoms with E-state index in [4.69, 9.17) is 0 Å². The molecule has 1 aromatic carbocycles. The van der Waals surface area contributed by atoms with Crippen molar-refractivity contribution in [1.82, 2.24) is 10.3 Å². The van der Waals surface area contributed by atoms with Gasteiger partial charge in [-0.05, 0) is 40.2 Å². The third-order valence-corrected chi connectivity index (χ3v) is 3.39. The number of hydrogen-bond acceptors (Lipinski definition) is 4. The van der Waals surface area contributed by atoms with Crippen LogP contribution in [0.1, 0.15) is 31.1 Å². The second kappa shape index (κ2) is 5.10. The van der Waals surface area contributed by atoms with E-state index < -0.39 is 11.8 Å². The highest BCUT2D eigenvalue weighted by molar-refractivity contribution is 9.10. The number of benzene rings is 1. The summed E-state index contributed by atoms with van der Waals surface area (Å²) < 4.78 is 0.689. The van der Waals surface area contributed by atoms with Crippen LogP contribution in [0.25, 0.3) is 0 Å². The molecule has 3 amide bonds. The molecule has 7 heteroatoms. The molecule has 6 nitrogen and oxygen atoms in total. The number of fused-ring (bicyclic) bond motifs is 1. The van der Waals surface area contributed by atoms with Gasteiger partial charge in [0.2, 0.25) is 0 Å². The van der Waals surface area contributed by atoms with Gasteiger partial charge in [-0.1, -0.05) is 0 Å². The summed E-state index contributed by atoms with van der Waals surface area (Å²) in [5.74, 6) is -1.24. The van der Waals surface area contributed by atoms with Crippen LogP contribution in [0, 0.1) is 0 Å². The van der Waals surface area contributed by atoms with Crippen molar-refractivity contribution in [2.24, 2.45) is 0 Å². The highest BCUT2D eigenvalue weighted by Gasteiger charge is 2.26. The number of anilines is 1. The summed E-state index contributed by atoms with van der Waals surface area (Å²) in [6.07, 6.45) is 3.01. The average molecular weight is 346 g/mol. The van der Waals surface area contributed by atoms with E-state index >= 15 is 0 Å². The van der Waals surface area contributed by atoms with Crippen molar-refractivity contribution < 1.29 is 14.4 Å². The van der Waals surface area contributed by atoms with Crippen LogP contribution in [0.5, 0.6) is 0 Å². The lowest BCUT2D eigenvalue weighted by molar-refractivity contribution is 0.0878. The summed E-state index contributed by atoms with van der Waals surface area (Å²) in [6, 6.07) is 6.18. The first kappa shape index (κ1) is 13.4. The van der Waals surface area contributed by atoms with Gasteiger partial charge in [0.1, 0.15) is 0 Å². The molecule has 0 saturated heterocycles. The third-order valence-electron chi connectivity index (χ3n) is 2.96. The van der Waals surface area contributed by atoms with Crippen molar-refractivity contribution in [2.45, 2.75) is 0 Å². The highest BCUT2D eigenvalue weighted by Crippen LogP contribution is 2.21. The minimum Gasteiger partial charge on any atom is -0.322 e. The predicted molar refractivity (Wildman–Crippen MR) is 78.1 cm³/mol. The first-order valence-electron chi connectivity index (χ1n) is 5.96. The molecule has 0 atom stereocenters. The Morgan fingerprint density at radius 2 is 1.86 bits per heavy atom. The summed E-state index contributed by atoms with van der Waals surface area (Å²) in [6.45, 7) is 0. The van der Waals surface area contributed by atoms with Crippen LogP contribution in [0.2, 0.25) is 0 Å². The van der Waals surface area contributed by atoms with E-state index in [-0.39, 0.29) is 11.5 Å². The zero-order valence-electron chi connectivity index (χ0n) is 10.5. The van der Waals surface area contributed by atoms with Crippen molar-refractivity contribution in [3.05, 3.63) is 57.8 Å². The van der Waals surface area contributed by atoms with Gasteiger partial charge in [0.25, 0.3) is 17.7 Å². The molecule has 21 heavy (non-hydrogen) atoms. The lowest BCUT2D eigenvalue weighted by Crippen LogP contribution is -2.19. The number of hydrogen-bond donors (Lipinski definition) is 2. The Balaban J connectivity index is 1.86. The van der Waals surface area contributed by atoms with Crippen LogP contribution >= 0.6 is 15.9 Å². The molecule has 3 rings (SSSR count). The Labute approximate surface area is 127 Å². The zero-order valence-corrected chi connectivity index (χ0v) is 12.1. The highest BCUT2D eigenvalue weighted by atomic mass is 79.9. The summed E-state index contributed by atoms with van der Waals surface area (Å²) in [4.78, 5) is 39.0. The quantitative estimate of drug-likeness (QED) is 0.814. The molecule has 104 valence electrons. The van der Waals surface area contributed by atoms with E-state index in [0.717, 1.165) is 0 Å². The fourth-order valence-electron chi connectivity index (χ4n) is 1.98. The van der Waals surface area contributed by atoms with Crippen molar-refractivity contribution >= 4 is 39.3 Å². The van der Waals surface area contributed by atoms with Gasteiger partial charge in [0, 0.05) is 22.6 Å². The van der Waals surface area contributed by atoms with Crippen molar-refractivity contribution in [3.8, 4) is 0 Å². The van der Waals surface area contributed by atoms with Crippen LogP contribution in [0.3, 0.4) is 0 Å². The molecule has 0 bridgehead atoms. The van der Waals surface area contributed by atoms with E-state index in [1.807, 2.05) is 0 Å². The molecule has 0 unspecified atom stereocenters. The normalized spacial score (nSPS) is 12.8. The second-order valence-corrected chi connectivity index (χ2v) is 5.31. The number of nitrogens with one attached hydrogen (secondary N) is 2. The SMILES string of the molecule is O=C(Nc1ccc2c(c1)C(=O)NC2=O)c1cncc(Br)c1. The maximum Gasteiger partial charge on any atom is 0.259 e. The van der Waals surface area contributed by atoms with E-state index in [0.29, 0.717) is 21.3 Å². The molecular weight excluding hydrogens is 338 g/mol. The smallest absolute Gasteiger partial charge is 0.259 e. The number of halogens is 1. The Hall–Kier alpha value is -2.54. The van der Waals surface area contributed by atoms with Crippen molar-refractivity contribution in [2.75, 3.05) is 5.32 Å². The van der Waals surface area contributed by atoms with Gasteiger partial charge in [0.05, 0.1) is 16.7 Å². The standard InChI is InChI=1S/C14H8BrN3O3/c15-8-3-7(5-16-6-8)12(19)17-9-1-2-10-11(4-9)14(21)18-13(10)20/h1-6H,(H,17,19)(H,18,20,21). The molecule has 1 aliphatic rings. The second-order valence-electron chi connectivity index (χ2n) is 4.39. The van der Waals surface area contributed by atoms with E-state index in [2.05, 4.69) is 31.5 Å². The molecule has 1 aromatic heterocycles. The Bertz CT molecular complexity index is 789. The van der Waals surface area contributed by atoms with Gasteiger partial charge in [-0.25, -0.2) is 0 Å². The number of imide groups is 1. The van der Waals surface area contributed by atoms with Gasteiger partial charge in [0.15, 0.2) is 0 Å². The first-order valence-corrected chi connectivity index (χ1v) is 6.75. The lowest BCUT2D eigenvalue weighted by Gasteiger charge is -2.06. The van der Waals surface area contributed by atoms with Crippen LogP contribution in [-0.4, -0.2) is 22.7 Å². The Morgan fingerprint density at radius 3 is 2.62 bits per heavy atom. The predicted octanol–water partition coefficient (Wildman–Crippen LogP) is 1.98. The number of rotatable bonds is 2. The number of amides is 3. The number of nitrogens with zero attached hydrogens (tertiary/aromatic N) is 1. The molecule has 0 radical (unpaired) electrons. The van der Waals surface area contributed by atoms with E-state index in [9.17, 15) is 14.4 Å². The molecule has 0 saturated carbocycles. The molecule has 1 aliphatic heterocycles. The first-order chi connectivity index (χ1) is 10.0. The maximum atomic E-state index is 12.1. The molecule has 2 aromatic rings. The molecule has 2 N–H and O–H groups in total. The number of carbonyl (C=O) groups excluding carboxylic acids is 3. The fourth-order valence-corrected chi connectivity index (χ4v) is 2.35. The van der Waals surface area contributed by atoms with Gasteiger partial charge < -0.3 is 5.32 Å². The fraction of sp³-hybridized carbons (Fsp3) is 0. The van der Waals surface area contributed by atoms with Gasteiger partial charge in [-0.15, -0.1) is 0 Å². The third kappa shape index (κ3) is 2.55. The maximum absolute atomic E-state index is 12.1. The van der Waals surface area contributed by atoms with Crippen molar-refractivity contribution in [1.29, 1.82) is 0 Å². The minimum absolute atomic E-state index is 0.255. The van der Waals surface area contributed by atoms with Crippen molar-refractivity contribution in [3.63, 3.8) is 0 Å². The summed E-state index contributed by atoms with van der Waals surface area (Å²) in [5, 5.41) is 4.85. The van der Waals surface area contributed by atoms with E-state index in [1.165, 1.54) is 18.3 Å². The topological polar surface area (TPSA) is 88.2 Å². The van der Waals surface area contributed by atoms with Gasteiger partial charge in [-0.2, -0.15) is 0 Å². The summed E-state index contributed by atoms with van der Waals surface area (Å²) in [5.41, 5.74) is 1.38. The number of aromatic nitrogens is 1. The van der Waals surface area contributed by atoms with Crippen LogP contribution in [-0.2, 0) is 0 Å². The zero-order chi connectivity index (χ0) is 15.0. The molecule has 0 fully saturated rings. The van der Waals surface area contributed by atoms with Crippen LogP contribution < -0.4 is 10.6 Å². The molecular formula is C14H8BrN3O3. The largest absolute Gasteiger partial charge is 0.322 e. The Morgan fingerprint density at radius 1 is 1.10 bits per heavy atom. The number of pyridine rings is 1. The molecule has 0 spiro atoms. The Kier molecular flexibility index (Phi) is 3.26. The monoisotopic (exact) mass is 345 g/mol.